The molecule has 2 atom stereocenters. The van der Waals surface area contributed by atoms with Crippen LogP contribution in [0, 0.1) is 0 Å². The highest BCUT2D eigenvalue weighted by Gasteiger charge is 2.27. The van der Waals surface area contributed by atoms with Gasteiger partial charge in [-0.2, -0.15) is 0 Å². The molecule has 3 rings (SSSR count). The first-order valence-corrected chi connectivity index (χ1v) is 10.3. The van der Waals surface area contributed by atoms with E-state index in [-0.39, 0.29) is 42.0 Å². The third-order valence-corrected chi connectivity index (χ3v) is 5.40. The Labute approximate surface area is 185 Å². The minimum atomic E-state index is 0. The van der Waals surface area contributed by atoms with Crippen molar-refractivity contribution in [1.29, 1.82) is 0 Å². The number of nitrogens with zero attached hydrogens (tertiary/aromatic N) is 3. The van der Waals surface area contributed by atoms with Gasteiger partial charge in [0, 0.05) is 32.1 Å². The Morgan fingerprint density at radius 3 is 2.75 bits per heavy atom. The third-order valence-electron chi connectivity index (χ3n) is 5.40. The molecule has 0 radical (unpaired) electrons. The van der Waals surface area contributed by atoms with Gasteiger partial charge in [-0.05, 0) is 51.4 Å². The van der Waals surface area contributed by atoms with E-state index >= 15 is 0 Å². The standard InChI is InChI=1S/C20H33N5O2.HI/c1-3-19(26)25-12-9-16(15-25)23-20(21-4-2)22-14-17(18-8-7-13-27-18)24-10-5-6-11-24;/h7-8,13,16-17H,3-6,9-12,14-15H2,1-2H3,(H2,21,22,23);1H. The summed E-state index contributed by atoms with van der Waals surface area (Å²) in [7, 11) is 0. The van der Waals surface area contributed by atoms with Gasteiger partial charge in [-0.1, -0.05) is 6.92 Å². The van der Waals surface area contributed by atoms with Crippen molar-refractivity contribution < 1.29 is 9.21 Å². The maximum Gasteiger partial charge on any atom is 0.222 e. The largest absolute Gasteiger partial charge is 0.468 e. The van der Waals surface area contributed by atoms with Gasteiger partial charge in [0.25, 0.3) is 0 Å². The molecule has 0 bridgehead atoms. The summed E-state index contributed by atoms with van der Waals surface area (Å²) in [4.78, 5) is 21.2. The SMILES string of the molecule is CCNC(=NCC(c1ccco1)N1CCCC1)NC1CCN(C(=O)CC)C1.I. The lowest BCUT2D eigenvalue weighted by molar-refractivity contribution is -0.129. The smallest absolute Gasteiger partial charge is 0.222 e. The molecule has 8 heteroatoms. The second kappa shape index (κ2) is 11.6. The van der Waals surface area contributed by atoms with Gasteiger partial charge < -0.3 is 20.0 Å². The van der Waals surface area contributed by atoms with Crippen molar-refractivity contribution in [2.75, 3.05) is 39.3 Å². The molecule has 1 aromatic heterocycles. The summed E-state index contributed by atoms with van der Waals surface area (Å²) < 4.78 is 5.69. The van der Waals surface area contributed by atoms with E-state index in [9.17, 15) is 4.79 Å². The molecule has 2 N–H and O–H groups in total. The summed E-state index contributed by atoms with van der Waals surface area (Å²) in [5.41, 5.74) is 0. The molecule has 2 unspecified atom stereocenters. The topological polar surface area (TPSA) is 73.1 Å². The van der Waals surface area contributed by atoms with E-state index in [2.05, 4.69) is 22.5 Å². The summed E-state index contributed by atoms with van der Waals surface area (Å²) >= 11 is 0. The van der Waals surface area contributed by atoms with Gasteiger partial charge in [0.15, 0.2) is 5.96 Å². The lowest BCUT2D eigenvalue weighted by Gasteiger charge is -2.25. The average molecular weight is 503 g/mol. The quantitative estimate of drug-likeness (QED) is 0.340. The fraction of sp³-hybridized carbons (Fsp3) is 0.700. The monoisotopic (exact) mass is 503 g/mol. The lowest BCUT2D eigenvalue weighted by Crippen LogP contribution is -2.45. The number of carbonyl (C=O) groups is 1. The molecule has 28 heavy (non-hydrogen) atoms. The fourth-order valence-corrected chi connectivity index (χ4v) is 3.94. The number of carbonyl (C=O) groups excluding carboxylic acids is 1. The number of aliphatic imine (C=N–C) groups is 1. The van der Waals surface area contributed by atoms with Crippen LogP contribution in [0.5, 0.6) is 0 Å². The van der Waals surface area contributed by atoms with Crippen LogP contribution in [-0.2, 0) is 4.79 Å². The van der Waals surface area contributed by atoms with Gasteiger partial charge in [0.05, 0.1) is 18.8 Å². The second-order valence-corrected chi connectivity index (χ2v) is 7.32. The van der Waals surface area contributed by atoms with Crippen LogP contribution in [0.3, 0.4) is 0 Å². The number of nitrogens with one attached hydrogen (secondary N) is 2. The Balaban J connectivity index is 0.00000280. The number of likely N-dealkylation sites (tertiary alicyclic amines) is 2. The van der Waals surface area contributed by atoms with E-state index in [0.717, 1.165) is 50.9 Å². The number of hydrogen-bond acceptors (Lipinski definition) is 4. The molecular formula is C20H34IN5O2. The van der Waals surface area contributed by atoms with E-state index in [0.29, 0.717) is 13.0 Å². The Morgan fingerprint density at radius 1 is 1.32 bits per heavy atom. The number of rotatable bonds is 7. The van der Waals surface area contributed by atoms with Gasteiger partial charge in [0.1, 0.15) is 5.76 Å². The van der Waals surface area contributed by atoms with Crippen molar-refractivity contribution in [3.63, 3.8) is 0 Å². The van der Waals surface area contributed by atoms with Crippen molar-refractivity contribution in [2.45, 2.75) is 51.6 Å². The van der Waals surface area contributed by atoms with Gasteiger partial charge in [-0.15, -0.1) is 24.0 Å². The molecule has 0 aliphatic carbocycles. The number of amides is 1. The predicted molar refractivity (Wildman–Crippen MR) is 122 cm³/mol. The molecule has 1 aromatic rings. The molecule has 2 aliphatic heterocycles. The zero-order valence-electron chi connectivity index (χ0n) is 17.0. The summed E-state index contributed by atoms with van der Waals surface area (Å²) in [5, 5.41) is 6.86. The van der Waals surface area contributed by atoms with Crippen molar-refractivity contribution >= 4 is 35.8 Å². The first kappa shape index (κ1) is 23.0. The van der Waals surface area contributed by atoms with Crippen LogP contribution in [0.15, 0.2) is 27.8 Å². The summed E-state index contributed by atoms with van der Waals surface area (Å²) in [6.45, 7) is 9.24. The highest BCUT2D eigenvalue weighted by molar-refractivity contribution is 14.0. The summed E-state index contributed by atoms with van der Waals surface area (Å²) in [5.74, 6) is 2.04. The minimum Gasteiger partial charge on any atom is -0.468 e. The number of guanidine groups is 1. The molecule has 1 amide bonds. The van der Waals surface area contributed by atoms with Crippen molar-refractivity contribution in [2.24, 2.45) is 4.99 Å². The van der Waals surface area contributed by atoms with E-state index in [1.165, 1.54) is 12.8 Å². The van der Waals surface area contributed by atoms with Gasteiger partial charge >= 0.3 is 0 Å². The molecule has 3 heterocycles. The lowest BCUT2D eigenvalue weighted by atomic mass is 10.2. The van der Waals surface area contributed by atoms with Crippen LogP contribution >= 0.6 is 24.0 Å². The van der Waals surface area contributed by atoms with Crippen LogP contribution in [0.1, 0.15) is 51.3 Å². The molecule has 2 saturated heterocycles. The van der Waals surface area contributed by atoms with Crippen molar-refractivity contribution in [3.05, 3.63) is 24.2 Å². The highest BCUT2D eigenvalue weighted by Crippen LogP contribution is 2.25. The Morgan fingerprint density at radius 2 is 2.11 bits per heavy atom. The second-order valence-electron chi connectivity index (χ2n) is 7.32. The summed E-state index contributed by atoms with van der Waals surface area (Å²) in [6, 6.07) is 4.43. The van der Waals surface area contributed by atoms with E-state index in [1.54, 1.807) is 6.26 Å². The summed E-state index contributed by atoms with van der Waals surface area (Å²) in [6.07, 6.45) is 5.75. The Hall–Kier alpha value is -1.29. The first-order chi connectivity index (χ1) is 13.2. The van der Waals surface area contributed by atoms with E-state index in [1.807, 2.05) is 24.0 Å². The third kappa shape index (κ3) is 6.10. The maximum absolute atomic E-state index is 11.9. The molecule has 2 aliphatic rings. The van der Waals surface area contributed by atoms with E-state index in [4.69, 9.17) is 9.41 Å². The fourth-order valence-electron chi connectivity index (χ4n) is 3.94. The molecule has 0 aromatic carbocycles. The van der Waals surface area contributed by atoms with Crippen LogP contribution in [-0.4, -0.2) is 67.0 Å². The molecule has 158 valence electrons. The number of hydrogen-bond donors (Lipinski definition) is 2. The minimum absolute atomic E-state index is 0. The van der Waals surface area contributed by atoms with E-state index < -0.39 is 0 Å². The predicted octanol–water partition coefficient (Wildman–Crippen LogP) is 2.60. The van der Waals surface area contributed by atoms with Crippen LogP contribution in [0.25, 0.3) is 0 Å². The molecule has 2 fully saturated rings. The Bertz CT molecular complexity index is 616. The van der Waals surface area contributed by atoms with Crippen LogP contribution < -0.4 is 10.6 Å². The zero-order valence-corrected chi connectivity index (χ0v) is 19.4. The van der Waals surface area contributed by atoms with Crippen LogP contribution in [0.2, 0.25) is 0 Å². The molecule has 7 nitrogen and oxygen atoms in total. The highest BCUT2D eigenvalue weighted by atomic mass is 127. The number of furan rings is 1. The average Bonchev–Trinajstić information content (AvgIpc) is 3.44. The molecule has 0 saturated carbocycles. The van der Waals surface area contributed by atoms with Crippen LogP contribution in [0.4, 0.5) is 0 Å². The molecular weight excluding hydrogens is 469 g/mol. The van der Waals surface area contributed by atoms with Gasteiger partial charge in [-0.25, -0.2) is 0 Å². The van der Waals surface area contributed by atoms with Gasteiger partial charge in [0.2, 0.25) is 5.91 Å². The molecule has 0 spiro atoms. The van der Waals surface area contributed by atoms with Gasteiger partial charge in [-0.3, -0.25) is 14.7 Å². The first-order valence-electron chi connectivity index (χ1n) is 10.3. The van der Waals surface area contributed by atoms with Crippen molar-refractivity contribution in [3.8, 4) is 0 Å². The van der Waals surface area contributed by atoms with Crippen molar-refractivity contribution in [1.82, 2.24) is 20.4 Å². The maximum atomic E-state index is 11.9. The number of halogens is 1. The Kier molecular flexibility index (Phi) is 9.57. The normalized spacial score (nSPS) is 21.4. The zero-order chi connectivity index (χ0) is 19.1.